The molecular weight excluding hydrogens is 216 g/mol. The molecule has 1 aromatic heterocycles. The average molecular weight is 234 g/mol. The van der Waals surface area contributed by atoms with Crippen LogP contribution in [0.4, 0.5) is 5.82 Å². The van der Waals surface area contributed by atoms with Crippen LogP contribution < -0.4 is 10.2 Å². The Bertz CT molecular complexity index is 357. The molecule has 3 rings (SSSR count). The normalized spacial score (nSPS) is 20.6. The lowest BCUT2D eigenvalue weighted by atomic mass is 10.4. The number of hydrogen-bond acceptors (Lipinski definition) is 5. The van der Waals surface area contributed by atoms with Crippen molar-refractivity contribution in [1.82, 2.24) is 15.3 Å². The van der Waals surface area contributed by atoms with Crippen molar-refractivity contribution < 1.29 is 4.74 Å². The van der Waals surface area contributed by atoms with Gasteiger partial charge in [0.2, 0.25) is 0 Å². The van der Waals surface area contributed by atoms with E-state index in [0.29, 0.717) is 0 Å². The number of nitrogens with zero attached hydrogens (tertiary/aromatic N) is 3. The van der Waals surface area contributed by atoms with E-state index in [1.165, 1.54) is 12.8 Å². The Morgan fingerprint density at radius 3 is 2.71 bits per heavy atom. The minimum atomic E-state index is 0.718. The van der Waals surface area contributed by atoms with E-state index in [-0.39, 0.29) is 0 Å². The number of anilines is 1. The van der Waals surface area contributed by atoms with Gasteiger partial charge in [0.05, 0.1) is 31.3 Å². The predicted octanol–water partition coefficient (Wildman–Crippen LogP) is 0.565. The van der Waals surface area contributed by atoms with Gasteiger partial charge in [-0.05, 0) is 12.8 Å². The van der Waals surface area contributed by atoms with Crippen LogP contribution in [0.5, 0.6) is 0 Å². The predicted molar refractivity (Wildman–Crippen MR) is 64.9 cm³/mol. The van der Waals surface area contributed by atoms with Gasteiger partial charge in [-0.1, -0.05) is 0 Å². The number of aromatic nitrogens is 2. The van der Waals surface area contributed by atoms with Crippen LogP contribution >= 0.6 is 0 Å². The molecule has 92 valence electrons. The first-order valence-electron chi connectivity index (χ1n) is 6.29. The summed E-state index contributed by atoms with van der Waals surface area (Å²) in [7, 11) is 0. The van der Waals surface area contributed by atoms with Crippen molar-refractivity contribution in [3.8, 4) is 0 Å². The number of ether oxygens (including phenoxy) is 1. The molecule has 1 saturated heterocycles. The molecule has 2 heterocycles. The fraction of sp³-hybridized carbons (Fsp3) is 0.667. The smallest absolute Gasteiger partial charge is 0.147 e. The van der Waals surface area contributed by atoms with Crippen LogP contribution in [0, 0.1) is 0 Å². The fourth-order valence-corrected chi connectivity index (χ4v) is 1.93. The molecule has 1 aliphatic heterocycles. The summed E-state index contributed by atoms with van der Waals surface area (Å²) in [6.07, 6.45) is 6.36. The highest BCUT2D eigenvalue weighted by molar-refractivity contribution is 5.36. The molecule has 2 aliphatic rings. The number of rotatable bonds is 4. The van der Waals surface area contributed by atoms with Crippen molar-refractivity contribution in [3.05, 3.63) is 18.1 Å². The van der Waals surface area contributed by atoms with Gasteiger partial charge in [-0.3, -0.25) is 4.98 Å². The van der Waals surface area contributed by atoms with Gasteiger partial charge in [0.15, 0.2) is 0 Å². The van der Waals surface area contributed by atoms with E-state index < -0.39 is 0 Å². The number of hydrogen-bond donors (Lipinski definition) is 1. The van der Waals surface area contributed by atoms with Crippen LogP contribution in [0.25, 0.3) is 0 Å². The summed E-state index contributed by atoms with van der Waals surface area (Å²) in [4.78, 5) is 11.1. The topological polar surface area (TPSA) is 50.3 Å². The number of nitrogens with one attached hydrogen (secondary N) is 1. The minimum absolute atomic E-state index is 0.718. The molecule has 17 heavy (non-hydrogen) atoms. The Labute approximate surface area is 101 Å². The third kappa shape index (κ3) is 2.92. The van der Waals surface area contributed by atoms with E-state index in [1.807, 2.05) is 12.4 Å². The zero-order valence-electron chi connectivity index (χ0n) is 9.93. The van der Waals surface area contributed by atoms with E-state index in [2.05, 4.69) is 20.2 Å². The Morgan fingerprint density at radius 1 is 1.24 bits per heavy atom. The van der Waals surface area contributed by atoms with Crippen molar-refractivity contribution in [1.29, 1.82) is 0 Å². The zero-order chi connectivity index (χ0) is 11.5. The van der Waals surface area contributed by atoms with Gasteiger partial charge in [0.25, 0.3) is 0 Å². The molecule has 1 N–H and O–H groups in total. The summed E-state index contributed by atoms with van der Waals surface area (Å²) in [5.74, 6) is 0.962. The maximum absolute atomic E-state index is 5.32. The van der Waals surface area contributed by atoms with Crippen LogP contribution in [0.3, 0.4) is 0 Å². The standard InChI is InChI=1S/C12H18N4O/c1-2-10(1)13-7-11-8-15-12(9-14-11)16-3-5-17-6-4-16/h8-10,13H,1-7H2. The molecule has 1 aromatic rings. The second-order valence-corrected chi connectivity index (χ2v) is 4.62. The lowest BCUT2D eigenvalue weighted by molar-refractivity contribution is 0.122. The molecule has 1 saturated carbocycles. The molecule has 0 aromatic carbocycles. The molecule has 2 fully saturated rings. The van der Waals surface area contributed by atoms with E-state index in [9.17, 15) is 0 Å². The highest BCUT2D eigenvalue weighted by atomic mass is 16.5. The van der Waals surface area contributed by atoms with Gasteiger partial charge in [-0.2, -0.15) is 0 Å². The molecular formula is C12H18N4O. The maximum atomic E-state index is 5.32. The van der Waals surface area contributed by atoms with Crippen LogP contribution in [0.2, 0.25) is 0 Å². The lowest BCUT2D eigenvalue weighted by Gasteiger charge is -2.27. The van der Waals surface area contributed by atoms with Crippen molar-refractivity contribution in [2.24, 2.45) is 0 Å². The molecule has 0 radical (unpaired) electrons. The van der Waals surface area contributed by atoms with Gasteiger partial charge in [-0.15, -0.1) is 0 Å². The van der Waals surface area contributed by atoms with Crippen LogP contribution in [0.1, 0.15) is 18.5 Å². The second kappa shape index (κ2) is 4.98. The quantitative estimate of drug-likeness (QED) is 0.825. The molecule has 5 nitrogen and oxygen atoms in total. The summed E-state index contributed by atoms with van der Waals surface area (Å²) in [5.41, 5.74) is 1.02. The van der Waals surface area contributed by atoms with Crippen molar-refractivity contribution >= 4 is 5.82 Å². The monoisotopic (exact) mass is 234 g/mol. The van der Waals surface area contributed by atoms with Gasteiger partial charge in [0, 0.05) is 25.7 Å². The molecule has 0 unspecified atom stereocenters. The average Bonchev–Trinajstić information content (AvgIpc) is 3.22. The fourth-order valence-electron chi connectivity index (χ4n) is 1.93. The Morgan fingerprint density at radius 2 is 2.06 bits per heavy atom. The summed E-state index contributed by atoms with van der Waals surface area (Å²) in [5, 5.41) is 3.44. The summed E-state index contributed by atoms with van der Waals surface area (Å²) >= 11 is 0. The third-order valence-corrected chi connectivity index (χ3v) is 3.18. The lowest BCUT2D eigenvalue weighted by Crippen LogP contribution is -2.36. The van der Waals surface area contributed by atoms with Crippen molar-refractivity contribution in [2.45, 2.75) is 25.4 Å². The molecule has 0 amide bonds. The largest absolute Gasteiger partial charge is 0.378 e. The molecule has 0 spiro atoms. The Balaban J connectivity index is 1.58. The highest BCUT2D eigenvalue weighted by Gasteiger charge is 2.20. The first kappa shape index (κ1) is 10.9. The van der Waals surface area contributed by atoms with Crippen LogP contribution in [-0.2, 0) is 11.3 Å². The summed E-state index contributed by atoms with van der Waals surface area (Å²) in [6, 6.07) is 0.718. The second-order valence-electron chi connectivity index (χ2n) is 4.62. The molecule has 0 atom stereocenters. The summed E-state index contributed by atoms with van der Waals surface area (Å²) < 4.78 is 5.32. The van der Waals surface area contributed by atoms with Crippen LogP contribution in [0.15, 0.2) is 12.4 Å². The van der Waals surface area contributed by atoms with E-state index in [4.69, 9.17) is 4.74 Å². The number of morpholine rings is 1. The highest BCUT2D eigenvalue weighted by Crippen LogP contribution is 2.19. The van der Waals surface area contributed by atoms with Gasteiger partial charge >= 0.3 is 0 Å². The molecule has 0 bridgehead atoms. The molecule has 5 heteroatoms. The van der Waals surface area contributed by atoms with Crippen LogP contribution in [-0.4, -0.2) is 42.3 Å². The Kier molecular flexibility index (Phi) is 3.20. The van der Waals surface area contributed by atoms with Crippen molar-refractivity contribution in [2.75, 3.05) is 31.2 Å². The maximum Gasteiger partial charge on any atom is 0.147 e. The van der Waals surface area contributed by atoms with E-state index in [0.717, 1.165) is 50.4 Å². The van der Waals surface area contributed by atoms with Gasteiger partial charge in [0.1, 0.15) is 5.82 Å². The third-order valence-electron chi connectivity index (χ3n) is 3.18. The first-order chi connectivity index (χ1) is 8.42. The van der Waals surface area contributed by atoms with E-state index in [1.54, 1.807) is 0 Å². The SMILES string of the molecule is c1nc(N2CCOCC2)cnc1CNC1CC1. The molecule has 1 aliphatic carbocycles. The summed E-state index contributed by atoms with van der Waals surface area (Å²) in [6.45, 7) is 4.23. The zero-order valence-corrected chi connectivity index (χ0v) is 9.93. The minimum Gasteiger partial charge on any atom is -0.378 e. The van der Waals surface area contributed by atoms with Gasteiger partial charge in [-0.25, -0.2) is 4.98 Å². The van der Waals surface area contributed by atoms with Gasteiger partial charge < -0.3 is 15.0 Å². The Hall–Kier alpha value is -1.20. The van der Waals surface area contributed by atoms with E-state index >= 15 is 0 Å². The van der Waals surface area contributed by atoms with Crippen molar-refractivity contribution in [3.63, 3.8) is 0 Å². The first-order valence-corrected chi connectivity index (χ1v) is 6.29.